The molecule has 2 saturated heterocycles. The topological polar surface area (TPSA) is 32.3 Å². The average Bonchev–Trinajstić information content (AvgIpc) is 2.79. The zero-order chi connectivity index (χ0) is 12.2. The van der Waals surface area contributed by atoms with Crippen LogP contribution in [0, 0.1) is 23.2 Å². The Bertz CT molecular complexity index is 342. The highest BCUT2D eigenvalue weighted by atomic mass is 16.2. The summed E-state index contributed by atoms with van der Waals surface area (Å²) in [5, 5.41) is 3.49. The number of hydrogen-bond donors (Lipinski definition) is 1. The van der Waals surface area contributed by atoms with Crippen molar-refractivity contribution in [2.24, 2.45) is 23.2 Å². The van der Waals surface area contributed by atoms with Gasteiger partial charge in [-0.05, 0) is 55.9 Å². The van der Waals surface area contributed by atoms with E-state index < -0.39 is 0 Å². The maximum absolute atomic E-state index is 12.5. The van der Waals surface area contributed by atoms with Crippen molar-refractivity contribution >= 4 is 5.91 Å². The summed E-state index contributed by atoms with van der Waals surface area (Å²) in [6.07, 6.45) is 7.80. The fraction of sp³-hybridized carbons (Fsp3) is 0.933. The van der Waals surface area contributed by atoms with E-state index in [0.29, 0.717) is 17.2 Å². The summed E-state index contributed by atoms with van der Waals surface area (Å²) in [5.41, 5.74) is 0.538. The molecule has 4 fully saturated rings. The number of hydrogen-bond acceptors (Lipinski definition) is 2. The van der Waals surface area contributed by atoms with Crippen molar-refractivity contribution in [3.63, 3.8) is 0 Å². The maximum Gasteiger partial charge on any atom is 0.226 e. The highest BCUT2D eigenvalue weighted by Gasteiger charge is 2.57. The van der Waals surface area contributed by atoms with E-state index in [1.165, 1.54) is 51.6 Å². The van der Waals surface area contributed by atoms with E-state index in [1.807, 2.05) is 0 Å². The van der Waals surface area contributed by atoms with Crippen LogP contribution in [-0.2, 0) is 4.79 Å². The Labute approximate surface area is 109 Å². The van der Waals surface area contributed by atoms with Crippen LogP contribution < -0.4 is 5.32 Å². The first-order valence-electron chi connectivity index (χ1n) is 7.79. The number of carbonyl (C=O) groups excluding carboxylic acids is 1. The van der Waals surface area contributed by atoms with E-state index in [9.17, 15) is 4.79 Å². The second-order valence-electron chi connectivity index (χ2n) is 7.04. The summed E-state index contributed by atoms with van der Waals surface area (Å²) in [5.74, 6) is 2.50. The minimum atomic E-state index is 0.439. The molecule has 100 valence electrons. The normalized spacial score (nSPS) is 41.1. The highest BCUT2D eigenvalue weighted by Crippen LogP contribution is 2.58. The van der Waals surface area contributed by atoms with Gasteiger partial charge in [0.1, 0.15) is 0 Å². The molecule has 2 atom stereocenters. The van der Waals surface area contributed by atoms with E-state index in [-0.39, 0.29) is 0 Å². The van der Waals surface area contributed by atoms with Crippen LogP contribution >= 0.6 is 0 Å². The van der Waals surface area contributed by atoms with E-state index in [4.69, 9.17) is 0 Å². The summed E-state index contributed by atoms with van der Waals surface area (Å²) >= 11 is 0. The Morgan fingerprint density at radius 1 is 1.11 bits per heavy atom. The molecule has 3 nitrogen and oxygen atoms in total. The van der Waals surface area contributed by atoms with Crippen molar-refractivity contribution in [2.45, 2.75) is 38.5 Å². The van der Waals surface area contributed by atoms with Gasteiger partial charge < -0.3 is 10.2 Å². The molecule has 1 N–H and O–H groups in total. The largest absolute Gasteiger partial charge is 0.342 e. The van der Waals surface area contributed by atoms with Gasteiger partial charge in [-0.3, -0.25) is 4.79 Å². The Morgan fingerprint density at radius 2 is 1.83 bits per heavy atom. The van der Waals surface area contributed by atoms with E-state index in [2.05, 4.69) is 10.2 Å². The van der Waals surface area contributed by atoms with Crippen LogP contribution in [-0.4, -0.2) is 37.0 Å². The average molecular weight is 248 g/mol. The number of rotatable bonds is 1. The summed E-state index contributed by atoms with van der Waals surface area (Å²) in [7, 11) is 0. The molecule has 2 unspecified atom stereocenters. The van der Waals surface area contributed by atoms with Gasteiger partial charge in [-0.1, -0.05) is 6.42 Å². The molecule has 0 bridgehead atoms. The fourth-order valence-electron chi connectivity index (χ4n) is 4.82. The molecule has 18 heavy (non-hydrogen) atoms. The predicted octanol–water partition coefficient (Wildman–Crippen LogP) is 1.63. The Kier molecular flexibility index (Phi) is 2.48. The Balaban J connectivity index is 1.35. The molecule has 0 aromatic heterocycles. The number of amides is 1. The number of carbonyl (C=O) groups is 1. The molecular formula is C15H24N2O. The molecule has 2 saturated carbocycles. The zero-order valence-corrected chi connectivity index (χ0v) is 11.2. The van der Waals surface area contributed by atoms with Crippen molar-refractivity contribution in [1.29, 1.82) is 0 Å². The molecule has 1 amide bonds. The second kappa shape index (κ2) is 3.96. The fourth-order valence-corrected chi connectivity index (χ4v) is 4.82. The molecule has 4 rings (SSSR count). The number of nitrogens with one attached hydrogen (secondary N) is 1. The number of likely N-dealkylation sites (tertiary alicyclic amines) is 1. The second-order valence-corrected chi connectivity index (χ2v) is 7.04. The van der Waals surface area contributed by atoms with Gasteiger partial charge in [-0.2, -0.15) is 0 Å². The zero-order valence-electron chi connectivity index (χ0n) is 11.2. The van der Waals surface area contributed by atoms with Crippen molar-refractivity contribution in [1.82, 2.24) is 10.2 Å². The maximum atomic E-state index is 12.5. The number of nitrogens with zero attached hydrogens (tertiary/aromatic N) is 1. The number of piperidine rings is 1. The van der Waals surface area contributed by atoms with Gasteiger partial charge in [-0.15, -0.1) is 0 Å². The molecule has 2 aliphatic heterocycles. The molecule has 0 aromatic rings. The monoisotopic (exact) mass is 248 g/mol. The first-order chi connectivity index (χ1) is 8.79. The smallest absolute Gasteiger partial charge is 0.226 e. The van der Waals surface area contributed by atoms with E-state index >= 15 is 0 Å². The minimum absolute atomic E-state index is 0.439. The quantitative estimate of drug-likeness (QED) is 0.765. The third-order valence-corrected chi connectivity index (χ3v) is 6.16. The lowest BCUT2D eigenvalue weighted by molar-refractivity contribution is -0.135. The van der Waals surface area contributed by atoms with Crippen molar-refractivity contribution in [2.75, 3.05) is 26.2 Å². The molecule has 4 aliphatic rings. The van der Waals surface area contributed by atoms with Crippen LogP contribution in [0.25, 0.3) is 0 Å². The number of fused-ring (bicyclic) bond motifs is 1. The Hall–Kier alpha value is -0.570. The van der Waals surface area contributed by atoms with Gasteiger partial charge in [0, 0.05) is 25.6 Å². The lowest BCUT2D eigenvalue weighted by atomic mass is 9.78. The third-order valence-electron chi connectivity index (χ3n) is 6.16. The first-order valence-corrected chi connectivity index (χ1v) is 7.79. The molecule has 2 heterocycles. The SMILES string of the molecule is O=C(C1C2CCCC21)N1CCC2(CCNC2)CC1. The van der Waals surface area contributed by atoms with Gasteiger partial charge >= 0.3 is 0 Å². The van der Waals surface area contributed by atoms with Crippen LogP contribution in [0.15, 0.2) is 0 Å². The molecule has 3 heteroatoms. The highest BCUT2D eigenvalue weighted by molar-refractivity contribution is 5.82. The first kappa shape index (κ1) is 11.3. The summed E-state index contributed by atoms with van der Waals surface area (Å²) in [4.78, 5) is 14.7. The van der Waals surface area contributed by atoms with Gasteiger partial charge in [0.05, 0.1) is 0 Å². The standard InChI is InChI=1S/C15H24N2O/c18-14(13-11-2-1-3-12(11)13)17-8-5-15(6-9-17)4-7-16-10-15/h11-13,16H,1-10H2. The lowest BCUT2D eigenvalue weighted by Gasteiger charge is -2.39. The molecule has 2 aliphatic carbocycles. The van der Waals surface area contributed by atoms with Crippen LogP contribution in [0.4, 0.5) is 0 Å². The van der Waals surface area contributed by atoms with E-state index in [1.54, 1.807) is 0 Å². The molecule has 0 aromatic carbocycles. The van der Waals surface area contributed by atoms with E-state index in [0.717, 1.165) is 24.9 Å². The molecular weight excluding hydrogens is 224 g/mol. The Morgan fingerprint density at radius 3 is 2.44 bits per heavy atom. The summed E-state index contributed by atoms with van der Waals surface area (Å²) < 4.78 is 0. The van der Waals surface area contributed by atoms with Crippen LogP contribution in [0.3, 0.4) is 0 Å². The predicted molar refractivity (Wildman–Crippen MR) is 70.1 cm³/mol. The van der Waals surface area contributed by atoms with Gasteiger partial charge in [-0.25, -0.2) is 0 Å². The van der Waals surface area contributed by atoms with Crippen LogP contribution in [0.1, 0.15) is 38.5 Å². The summed E-state index contributed by atoms with van der Waals surface area (Å²) in [6.45, 7) is 4.41. The van der Waals surface area contributed by atoms with Gasteiger partial charge in [0.15, 0.2) is 0 Å². The molecule has 1 spiro atoms. The lowest BCUT2D eigenvalue weighted by Crippen LogP contribution is -2.45. The van der Waals surface area contributed by atoms with Crippen molar-refractivity contribution in [3.05, 3.63) is 0 Å². The van der Waals surface area contributed by atoms with Gasteiger partial charge in [0.25, 0.3) is 0 Å². The van der Waals surface area contributed by atoms with Crippen molar-refractivity contribution < 1.29 is 4.79 Å². The van der Waals surface area contributed by atoms with Crippen molar-refractivity contribution in [3.8, 4) is 0 Å². The van der Waals surface area contributed by atoms with Crippen LogP contribution in [0.2, 0.25) is 0 Å². The third kappa shape index (κ3) is 1.63. The molecule has 0 radical (unpaired) electrons. The minimum Gasteiger partial charge on any atom is -0.342 e. The summed E-state index contributed by atoms with van der Waals surface area (Å²) in [6, 6.07) is 0. The van der Waals surface area contributed by atoms with Gasteiger partial charge in [0.2, 0.25) is 5.91 Å². The van der Waals surface area contributed by atoms with Crippen LogP contribution in [0.5, 0.6) is 0 Å².